The number of hydrogen-bond donors (Lipinski definition) is 2. The third kappa shape index (κ3) is 9.39. The number of piperazine rings is 1. The van der Waals surface area contributed by atoms with Crippen molar-refractivity contribution in [3.05, 3.63) is 112 Å². The SMILES string of the molecule is CC1(C)CCC(CN2CCN(c3ccc(C(=O)NS(=O)(=O)c4ccc(OCC5CCN(C6COC6)CC5)c(Cl)c4)c(-n4[nH]cc5nc6nccc6cc54)c3)CC2)=C(c2ccc(Cl)cc2)C1. The Morgan fingerprint density at radius 3 is 2.48 bits per heavy atom. The standard InChI is InChI=1S/C49H54Cl2N8O5S/c1-49(2)15-11-35(41(26-49)33-3-5-36(50)6-4-33)28-56-19-21-58(22-20-56)37-7-9-40(44(24-37)59-45-23-34-12-16-52-47(34)54-43(45)27-53-59)48(60)55-65(61,62)39-8-10-46(42(51)25-39)64-29-32-13-17-57(18-14-32)38-30-63-31-38/h3-10,12,16,23-25,27,32,38,53H,11,13-15,17-22,26,28-31H2,1-2H3,(H,55,60). The number of rotatable bonds is 12. The van der Waals surface area contributed by atoms with E-state index in [1.807, 2.05) is 36.4 Å². The highest BCUT2D eigenvalue weighted by molar-refractivity contribution is 7.90. The summed E-state index contributed by atoms with van der Waals surface area (Å²) in [5.41, 5.74) is 7.96. The predicted octanol–water partition coefficient (Wildman–Crippen LogP) is 8.60. The first-order chi connectivity index (χ1) is 31.4. The number of H-pyrrole nitrogens is 1. The maximum absolute atomic E-state index is 14.2. The first-order valence-corrected chi connectivity index (χ1v) is 24.8. The Balaban J connectivity index is 0.864. The molecule has 0 unspecified atom stereocenters. The number of halogens is 2. The molecule has 3 aromatic heterocycles. The molecule has 4 aliphatic rings. The van der Waals surface area contributed by atoms with Crippen LogP contribution in [0.5, 0.6) is 5.75 Å². The zero-order valence-corrected chi connectivity index (χ0v) is 39.1. The number of ether oxygens (including phenoxy) is 2. The van der Waals surface area contributed by atoms with Crippen molar-refractivity contribution < 1.29 is 22.7 Å². The zero-order chi connectivity index (χ0) is 44.9. The van der Waals surface area contributed by atoms with Crippen molar-refractivity contribution in [2.45, 2.75) is 56.9 Å². The molecule has 6 aromatic rings. The summed E-state index contributed by atoms with van der Waals surface area (Å²) in [7, 11) is -4.34. The molecule has 1 amide bonds. The number of aromatic amines is 1. The summed E-state index contributed by atoms with van der Waals surface area (Å²) in [6, 6.07) is 22.5. The minimum atomic E-state index is -4.34. The smallest absolute Gasteiger partial charge is 0.267 e. The van der Waals surface area contributed by atoms with Crippen LogP contribution in [-0.2, 0) is 14.8 Å². The van der Waals surface area contributed by atoms with Gasteiger partial charge in [0.2, 0.25) is 0 Å². The number of amides is 1. The highest BCUT2D eigenvalue weighted by atomic mass is 35.5. The number of likely N-dealkylation sites (tertiary alicyclic amines) is 1. The highest BCUT2D eigenvalue weighted by Gasteiger charge is 2.32. The van der Waals surface area contributed by atoms with E-state index in [9.17, 15) is 13.2 Å². The lowest BCUT2D eigenvalue weighted by atomic mass is 9.72. The number of pyridine rings is 1. The fourth-order valence-electron chi connectivity index (χ4n) is 9.74. The molecule has 3 saturated heterocycles. The molecule has 1 aliphatic carbocycles. The van der Waals surface area contributed by atoms with E-state index in [-0.39, 0.29) is 20.9 Å². The molecule has 0 bridgehead atoms. The van der Waals surface area contributed by atoms with Gasteiger partial charge in [0.05, 0.1) is 52.5 Å². The van der Waals surface area contributed by atoms with Crippen LogP contribution in [0.2, 0.25) is 10.0 Å². The molecule has 0 saturated carbocycles. The number of carbonyl (C=O) groups is 1. The number of piperidine rings is 1. The number of allylic oxidation sites excluding steroid dienone is 1. The van der Waals surface area contributed by atoms with Gasteiger partial charge in [0, 0.05) is 61.2 Å². The minimum absolute atomic E-state index is 0.142. The molecule has 0 radical (unpaired) electrons. The molecule has 0 spiro atoms. The van der Waals surface area contributed by atoms with Gasteiger partial charge in [-0.3, -0.25) is 24.4 Å². The molecular weight excluding hydrogens is 884 g/mol. The molecule has 13 nitrogen and oxygen atoms in total. The van der Waals surface area contributed by atoms with Gasteiger partial charge < -0.3 is 14.4 Å². The summed E-state index contributed by atoms with van der Waals surface area (Å²) in [5.74, 6) is -0.00524. The predicted molar refractivity (Wildman–Crippen MR) is 256 cm³/mol. The average molecular weight is 938 g/mol. The van der Waals surface area contributed by atoms with Crippen molar-refractivity contribution in [2.24, 2.45) is 11.3 Å². The van der Waals surface area contributed by atoms with Crippen LogP contribution >= 0.6 is 23.2 Å². The van der Waals surface area contributed by atoms with Crippen molar-refractivity contribution in [3.8, 4) is 11.4 Å². The molecule has 16 heteroatoms. The number of hydrogen-bond acceptors (Lipinski definition) is 10. The summed E-state index contributed by atoms with van der Waals surface area (Å²) in [6.07, 6.45) is 8.75. The van der Waals surface area contributed by atoms with Crippen molar-refractivity contribution in [1.82, 2.24) is 34.3 Å². The lowest BCUT2D eigenvalue weighted by Gasteiger charge is -2.41. The number of anilines is 1. The number of fused-ring (bicyclic) bond motifs is 2. The second-order valence-corrected chi connectivity index (χ2v) is 21.3. The van der Waals surface area contributed by atoms with E-state index in [2.05, 4.69) is 55.5 Å². The van der Waals surface area contributed by atoms with E-state index in [4.69, 9.17) is 37.7 Å². The van der Waals surface area contributed by atoms with Gasteiger partial charge in [-0.25, -0.2) is 23.1 Å². The number of benzene rings is 3. The molecule has 3 aliphatic heterocycles. The van der Waals surface area contributed by atoms with Crippen molar-refractivity contribution in [1.29, 1.82) is 0 Å². The normalized spacial score (nSPS) is 19.2. The van der Waals surface area contributed by atoms with Gasteiger partial charge >= 0.3 is 0 Å². The van der Waals surface area contributed by atoms with Crippen molar-refractivity contribution in [3.63, 3.8) is 0 Å². The average Bonchev–Trinajstić information content (AvgIpc) is 3.92. The van der Waals surface area contributed by atoms with Crippen LogP contribution in [0.15, 0.2) is 95.7 Å². The van der Waals surface area contributed by atoms with Gasteiger partial charge in [-0.1, -0.05) is 54.8 Å². The fourth-order valence-corrected chi connectivity index (χ4v) is 11.2. The maximum Gasteiger partial charge on any atom is 0.267 e. The Morgan fingerprint density at radius 1 is 0.954 bits per heavy atom. The summed E-state index contributed by atoms with van der Waals surface area (Å²) >= 11 is 12.9. The van der Waals surface area contributed by atoms with Crippen LogP contribution < -0.4 is 14.4 Å². The summed E-state index contributed by atoms with van der Waals surface area (Å²) in [5, 5.41) is 5.02. The van der Waals surface area contributed by atoms with Crippen LogP contribution in [-0.4, -0.2) is 116 Å². The topological polar surface area (TPSA) is 138 Å². The number of nitrogens with one attached hydrogen (secondary N) is 2. The van der Waals surface area contributed by atoms with Crippen LogP contribution in [0, 0.1) is 11.3 Å². The zero-order valence-electron chi connectivity index (χ0n) is 36.7. The molecule has 3 fully saturated rings. The van der Waals surface area contributed by atoms with E-state index >= 15 is 0 Å². The highest BCUT2D eigenvalue weighted by Crippen LogP contribution is 2.43. The van der Waals surface area contributed by atoms with E-state index in [0.29, 0.717) is 46.7 Å². The Morgan fingerprint density at radius 2 is 1.74 bits per heavy atom. The Hall–Kier alpha value is -4.96. The van der Waals surface area contributed by atoms with E-state index in [1.165, 1.54) is 28.8 Å². The van der Waals surface area contributed by atoms with Crippen LogP contribution in [0.4, 0.5) is 5.69 Å². The summed E-state index contributed by atoms with van der Waals surface area (Å²) in [6.45, 7) is 13.0. The third-order valence-electron chi connectivity index (χ3n) is 13.8. The van der Waals surface area contributed by atoms with E-state index in [0.717, 1.165) is 107 Å². The third-order valence-corrected chi connectivity index (χ3v) is 15.6. The molecule has 2 N–H and O–H groups in total. The Labute approximate surface area is 389 Å². The van der Waals surface area contributed by atoms with Gasteiger partial charge in [-0.15, -0.1) is 0 Å². The number of carbonyl (C=O) groups excluding carboxylic acids is 1. The summed E-state index contributed by atoms with van der Waals surface area (Å²) in [4.78, 5) is 30.5. The van der Waals surface area contributed by atoms with E-state index < -0.39 is 15.9 Å². The number of aromatic nitrogens is 4. The van der Waals surface area contributed by atoms with E-state index in [1.54, 1.807) is 29.2 Å². The molecule has 10 rings (SSSR count). The lowest BCUT2D eigenvalue weighted by molar-refractivity contribution is -0.0750. The van der Waals surface area contributed by atoms with Gasteiger partial charge in [-0.2, -0.15) is 0 Å². The van der Waals surface area contributed by atoms with Gasteiger partial charge in [0.1, 0.15) is 11.3 Å². The number of sulfonamides is 1. The van der Waals surface area contributed by atoms with Crippen LogP contribution in [0.25, 0.3) is 33.3 Å². The molecule has 0 atom stereocenters. The van der Waals surface area contributed by atoms with Gasteiger partial charge in [0.15, 0.2) is 5.65 Å². The van der Waals surface area contributed by atoms with Crippen LogP contribution in [0.3, 0.4) is 0 Å². The second kappa shape index (κ2) is 18.0. The fraction of sp³-hybridized carbons (Fsp3) is 0.408. The Bertz CT molecular complexity index is 2880. The quantitative estimate of drug-likeness (QED) is 0.123. The van der Waals surface area contributed by atoms with Gasteiger partial charge in [-0.05, 0) is 128 Å². The molecule has 3 aromatic carbocycles. The van der Waals surface area contributed by atoms with Crippen molar-refractivity contribution in [2.75, 3.05) is 70.5 Å². The monoisotopic (exact) mass is 936 g/mol. The number of nitrogens with zero attached hydrogens (tertiary/aromatic N) is 6. The molecule has 6 heterocycles. The van der Waals surface area contributed by atoms with Crippen molar-refractivity contribution >= 4 is 72.5 Å². The summed E-state index contributed by atoms with van der Waals surface area (Å²) < 4.78 is 43.3. The van der Waals surface area contributed by atoms with Crippen LogP contribution in [0.1, 0.15) is 61.9 Å². The second-order valence-electron chi connectivity index (χ2n) is 18.8. The molecular formula is C49H54Cl2N8O5S. The van der Waals surface area contributed by atoms with Gasteiger partial charge in [0.25, 0.3) is 15.9 Å². The first-order valence-electron chi connectivity index (χ1n) is 22.6. The largest absolute Gasteiger partial charge is 0.492 e. The Kier molecular flexibility index (Phi) is 12.2. The molecule has 65 heavy (non-hydrogen) atoms. The first kappa shape index (κ1) is 43.9. The lowest BCUT2D eigenvalue weighted by Crippen LogP contribution is -2.52. The maximum atomic E-state index is 14.2. The minimum Gasteiger partial charge on any atom is -0.492 e. The molecule has 340 valence electrons.